The topological polar surface area (TPSA) is 55.1 Å². The van der Waals surface area contributed by atoms with Gasteiger partial charge in [-0.25, -0.2) is 0 Å². The third kappa shape index (κ3) is 1.85. The molecule has 6 heteroatoms. The SMILES string of the molecule is C/C=C/C(F)(F)c1c2c(nn1CC(=O)O)C1CCC2C1. The van der Waals surface area contributed by atoms with Crippen molar-refractivity contribution in [2.45, 2.75) is 50.5 Å². The van der Waals surface area contributed by atoms with Gasteiger partial charge in [-0.15, -0.1) is 0 Å². The quantitative estimate of drug-likeness (QED) is 0.864. The Labute approximate surface area is 115 Å². The fourth-order valence-corrected chi connectivity index (χ4v) is 3.57. The molecule has 1 saturated carbocycles. The van der Waals surface area contributed by atoms with Crippen LogP contribution in [-0.2, 0) is 17.3 Å². The molecule has 0 amide bonds. The van der Waals surface area contributed by atoms with E-state index in [2.05, 4.69) is 5.10 Å². The number of aromatic nitrogens is 2. The summed E-state index contributed by atoms with van der Waals surface area (Å²) < 4.78 is 29.7. The average molecular weight is 282 g/mol. The molecular formula is C14H16F2N2O2. The number of halogens is 2. The largest absolute Gasteiger partial charge is 0.480 e. The monoisotopic (exact) mass is 282 g/mol. The molecule has 0 radical (unpaired) electrons. The molecule has 0 aliphatic heterocycles. The number of rotatable bonds is 4. The smallest absolute Gasteiger partial charge is 0.325 e. The Bertz CT molecular complexity index is 592. The second kappa shape index (κ2) is 4.40. The summed E-state index contributed by atoms with van der Waals surface area (Å²) in [5, 5.41) is 13.1. The van der Waals surface area contributed by atoms with E-state index in [9.17, 15) is 13.6 Å². The van der Waals surface area contributed by atoms with Crippen LogP contribution in [0.5, 0.6) is 0 Å². The third-order valence-electron chi connectivity index (χ3n) is 4.22. The van der Waals surface area contributed by atoms with Gasteiger partial charge < -0.3 is 5.11 Å². The van der Waals surface area contributed by atoms with Crippen molar-refractivity contribution in [3.8, 4) is 0 Å². The summed E-state index contributed by atoms with van der Waals surface area (Å²) in [7, 11) is 0. The molecule has 108 valence electrons. The Morgan fingerprint density at radius 1 is 1.50 bits per heavy atom. The van der Waals surface area contributed by atoms with E-state index in [0.29, 0.717) is 11.3 Å². The van der Waals surface area contributed by atoms with E-state index in [1.54, 1.807) is 0 Å². The molecule has 3 rings (SSSR count). The summed E-state index contributed by atoms with van der Waals surface area (Å²) >= 11 is 0. The van der Waals surface area contributed by atoms with E-state index in [1.165, 1.54) is 13.0 Å². The zero-order valence-electron chi connectivity index (χ0n) is 11.1. The van der Waals surface area contributed by atoms with Crippen LogP contribution in [0.4, 0.5) is 8.78 Å². The lowest BCUT2D eigenvalue weighted by Gasteiger charge is -2.18. The van der Waals surface area contributed by atoms with Gasteiger partial charge in [0.1, 0.15) is 12.2 Å². The molecule has 0 spiro atoms. The van der Waals surface area contributed by atoms with Crippen LogP contribution in [-0.4, -0.2) is 20.9 Å². The first-order chi connectivity index (χ1) is 9.44. The number of allylic oxidation sites excluding steroid dienone is 2. The maximum atomic E-state index is 14.3. The standard InChI is InChI=1S/C14H16F2N2O2/c1-2-5-14(15,16)13-11-8-3-4-9(6-8)12(11)17-18(13)7-10(19)20/h2,5,8-9H,3-4,6-7H2,1H3,(H,19,20)/b5-2+. The summed E-state index contributed by atoms with van der Waals surface area (Å²) in [6, 6.07) is 0. The minimum atomic E-state index is -3.17. The van der Waals surface area contributed by atoms with Gasteiger partial charge >= 0.3 is 11.9 Å². The lowest BCUT2D eigenvalue weighted by Crippen LogP contribution is -2.22. The highest BCUT2D eigenvalue weighted by Crippen LogP contribution is 2.55. The van der Waals surface area contributed by atoms with Gasteiger partial charge in [-0.05, 0) is 38.2 Å². The van der Waals surface area contributed by atoms with Crippen LogP contribution < -0.4 is 0 Å². The first-order valence-electron chi connectivity index (χ1n) is 6.78. The van der Waals surface area contributed by atoms with Crippen LogP contribution in [0.3, 0.4) is 0 Å². The fraction of sp³-hybridized carbons (Fsp3) is 0.571. The summed E-state index contributed by atoms with van der Waals surface area (Å²) in [6.07, 6.45) is 4.85. The van der Waals surface area contributed by atoms with Crippen LogP contribution in [0.2, 0.25) is 0 Å². The third-order valence-corrected chi connectivity index (χ3v) is 4.22. The lowest BCUT2D eigenvalue weighted by molar-refractivity contribution is -0.138. The summed E-state index contributed by atoms with van der Waals surface area (Å²) in [5.74, 6) is -3.99. The number of aliphatic carboxylic acids is 1. The second-order valence-electron chi connectivity index (χ2n) is 5.53. The minimum Gasteiger partial charge on any atom is -0.480 e. The van der Waals surface area contributed by atoms with Gasteiger partial charge in [-0.1, -0.05) is 6.08 Å². The molecule has 1 aromatic rings. The highest BCUT2D eigenvalue weighted by Gasteiger charge is 2.47. The molecule has 20 heavy (non-hydrogen) atoms. The predicted octanol–water partition coefficient (Wildman–Crippen LogP) is 3.00. The molecule has 1 aromatic heterocycles. The van der Waals surface area contributed by atoms with E-state index in [0.717, 1.165) is 30.0 Å². The summed E-state index contributed by atoms with van der Waals surface area (Å²) in [5.41, 5.74) is 1.08. The zero-order valence-corrected chi connectivity index (χ0v) is 11.1. The van der Waals surface area contributed by atoms with Crippen molar-refractivity contribution in [1.29, 1.82) is 0 Å². The Morgan fingerprint density at radius 2 is 2.20 bits per heavy atom. The van der Waals surface area contributed by atoms with Crippen LogP contribution >= 0.6 is 0 Å². The van der Waals surface area contributed by atoms with Gasteiger partial charge in [0, 0.05) is 11.5 Å². The number of nitrogens with zero attached hydrogens (tertiary/aromatic N) is 2. The van der Waals surface area contributed by atoms with E-state index >= 15 is 0 Å². The van der Waals surface area contributed by atoms with Gasteiger partial charge in [0.25, 0.3) is 0 Å². The Balaban J connectivity index is 2.15. The maximum Gasteiger partial charge on any atom is 0.325 e. The maximum absolute atomic E-state index is 14.3. The predicted molar refractivity (Wildman–Crippen MR) is 67.9 cm³/mol. The number of carboxylic acid groups (broad SMARTS) is 1. The van der Waals surface area contributed by atoms with Gasteiger partial charge in [-0.3, -0.25) is 9.48 Å². The molecule has 2 aliphatic rings. The number of hydrogen-bond acceptors (Lipinski definition) is 2. The minimum absolute atomic E-state index is 0.115. The number of fused-ring (bicyclic) bond motifs is 5. The highest BCUT2D eigenvalue weighted by molar-refractivity contribution is 5.66. The van der Waals surface area contributed by atoms with Crippen LogP contribution in [0.1, 0.15) is 55.0 Å². The summed E-state index contributed by atoms with van der Waals surface area (Å²) in [6.45, 7) is 1.01. The van der Waals surface area contributed by atoms with E-state index < -0.39 is 18.4 Å². The van der Waals surface area contributed by atoms with Crippen molar-refractivity contribution in [2.24, 2.45) is 0 Å². The first-order valence-corrected chi connectivity index (χ1v) is 6.78. The van der Waals surface area contributed by atoms with E-state index in [-0.39, 0.29) is 17.5 Å². The van der Waals surface area contributed by atoms with Gasteiger partial charge in [0.05, 0.1) is 5.69 Å². The van der Waals surface area contributed by atoms with E-state index in [1.807, 2.05) is 0 Å². The molecular weight excluding hydrogens is 266 g/mol. The first kappa shape index (κ1) is 13.3. The van der Waals surface area contributed by atoms with Crippen molar-refractivity contribution >= 4 is 5.97 Å². The van der Waals surface area contributed by atoms with Crippen LogP contribution in [0.25, 0.3) is 0 Å². The number of carboxylic acids is 1. The molecule has 1 heterocycles. The van der Waals surface area contributed by atoms with Crippen molar-refractivity contribution in [3.05, 3.63) is 29.1 Å². The molecule has 0 aromatic carbocycles. The van der Waals surface area contributed by atoms with Gasteiger partial charge in [-0.2, -0.15) is 13.9 Å². The highest BCUT2D eigenvalue weighted by atomic mass is 19.3. The van der Waals surface area contributed by atoms with Crippen molar-refractivity contribution in [3.63, 3.8) is 0 Å². The van der Waals surface area contributed by atoms with Crippen molar-refractivity contribution in [1.82, 2.24) is 9.78 Å². The Morgan fingerprint density at radius 3 is 2.85 bits per heavy atom. The Hall–Kier alpha value is -1.72. The van der Waals surface area contributed by atoms with Crippen molar-refractivity contribution in [2.75, 3.05) is 0 Å². The van der Waals surface area contributed by atoms with Crippen LogP contribution in [0, 0.1) is 0 Å². The van der Waals surface area contributed by atoms with Crippen LogP contribution in [0.15, 0.2) is 12.2 Å². The molecule has 2 bridgehead atoms. The second-order valence-corrected chi connectivity index (χ2v) is 5.53. The molecule has 1 N–H and O–H groups in total. The molecule has 2 aliphatic carbocycles. The molecule has 2 unspecified atom stereocenters. The van der Waals surface area contributed by atoms with Gasteiger partial charge in [0.2, 0.25) is 0 Å². The molecule has 2 atom stereocenters. The molecule has 0 saturated heterocycles. The summed E-state index contributed by atoms with van der Waals surface area (Å²) in [4.78, 5) is 10.9. The average Bonchev–Trinajstić information content (AvgIpc) is 2.96. The normalized spacial score (nSPS) is 24.6. The number of alkyl halides is 2. The fourth-order valence-electron chi connectivity index (χ4n) is 3.57. The lowest BCUT2D eigenvalue weighted by atomic mass is 9.93. The molecule has 4 nitrogen and oxygen atoms in total. The van der Waals surface area contributed by atoms with E-state index in [4.69, 9.17) is 5.11 Å². The molecule has 1 fully saturated rings. The number of carbonyl (C=O) groups is 1. The van der Waals surface area contributed by atoms with Crippen molar-refractivity contribution < 1.29 is 18.7 Å². The Kier molecular flexibility index (Phi) is 2.92. The number of hydrogen-bond donors (Lipinski definition) is 1. The zero-order chi connectivity index (χ0) is 14.5. The van der Waals surface area contributed by atoms with Gasteiger partial charge in [0.15, 0.2) is 0 Å².